The lowest BCUT2D eigenvalue weighted by atomic mass is 10.1. The minimum Gasteiger partial charge on any atom is -0.373 e. The highest BCUT2D eigenvalue weighted by Gasteiger charge is 2.19. The van der Waals surface area contributed by atoms with Gasteiger partial charge in [0, 0.05) is 38.4 Å². The van der Waals surface area contributed by atoms with E-state index in [4.69, 9.17) is 4.52 Å². The van der Waals surface area contributed by atoms with Crippen LogP contribution in [0, 0.1) is 6.92 Å². The van der Waals surface area contributed by atoms with Crippen LogP contribution in [0.3, 0.4) is 0 Å². The molecule has 0 saturated carbocycles. The number of likely N-dealkylation sites (N-methyl/N-ethyl adjacent to an activating group) is 1. The monoisotopic (exact) mass is 300 g/mol. The summed E-state index contributed by atoms with van der Waals surface area (Å²) in [5.74, 6) is 1.07. The van der Waals surface area contributed by atoms with Crippen LogP contribution < -0.4 is 10.2 Å². The summed E-state index contributed by atoms with van der Waals surface area (Å²) < 4.78 is 4.95. The van der Waals surface area contributed by atoms with Crippen molar-refractivity contribution in [1.82, 2.24) is 10.1 Å². The molecule has 1 aromatic heterocycles. The van der Waals surface area contributed by atoms with Gasteiger partial charge in [0.1, 0.15) is 5.76 Å². The van der Waals surface area contributed by atoms with Gasteiger partial charge in [-0.05, 0) is 18.6 Å². The van der Waals surface area contributed by atoms with Crippen molar-refractivity contribution in [2.24, 2.45) is 0 Å². The second-order valence-corrected chi connectivity index (χ2v) is 5.63. The van der Waals surface area contributed by atoms with E-state index in [1.54, 1.807) is 13.0 Å². The summed E-state index contributed by atoms with van der Waals surface area (Å²) in [5.41, 5.74) is 2.48. The SMILES string of the molecule is Cc1cc(NC(=O)CN2CCN(C)c3ccccc3C2)no1. The first-order valence-corrected chi connectivity index (χ1v) is 7.36. The number of aryl methyl sites for hydroxylation is 1. The Balaban J connectivity index is 1.64. The summed E-state index contributed by atoms with van der Waals surface area (Å²) in [5, 5.41) is 6.55. The summed E-state index contributed by atoms with van der Waals surface area (Å²) in [6, 6.07) is 10.0. The molecule has 0 radical (unpaired) electrons. The van der Waals surface area contributed by atoms with Crippen molar-refractivity contribution >= 4 is 17.4 Å². The first-order valence-electron chi connectivity index (χ1n) is 7.36. The van der Waals surface area contributed by atoms with E-state index in [0.29, 0.717) is 18.1 Å². The summed E-state index contributed by atoms with van der Waals surface area (Å²) in [7, 11) is 2.08. The van der Waals surface area contributed by atoms with Crippen LogP contribution in [0.4, 0.5) is 11.5 Å². The van der Waals surface area contributed by atoms with E-state index in [2.05, 4.69) is 39.5 Å². The molecule has 1 aliphatic rings. The number of benzene rings is 1. The molecule has 22 heavy (non-hydrogen) atoms. The fourth-order valence-electron chi connectivity index (χ4n) is 2.69. The normalized spacial score (nSPS) is 15.3. The Hall–Kier alpha value is -2.34. The molecule has 0 unspecified atom stereocenters. The summed E-state index contributed by atoms with van der Waals surface area (Å²) in [4.78, 5) is 16.5. The van der Waals surface area contributed by atoms with Gasteiger partial charge in [-0.25, -0.2) is 0 Å². The van der Waals surface area contributed by atoms with Crippen LogP contribution in [-0.2, 0) is 11.3 Å². The van der Waals surface area contributed by atoms with E-state index in [1.807, 2.05) is 12.1 Å². The number of carbonyl (C=O) groups is 1. The van der Waals surface area contributed by atoms with Gasteiger partial charge in [0.25, 0.3) is 0 Å². The van der Waals surface area contributed by atoms with Crippen molar-refractivity contribution in [3.05, 3.63) is 41.7 Å². The molecule has 0 bridgehead atoms. The molecule has 1 aliphatic heterocycles. The first-order chi connectivity index (χ1) is 10.6. The number of aromatic nitrogens is 1. The Morgan fingerprint density at radius 2 is 2.18 bits per heavy atom. The van der Waals surface area contributed by atoms with Gasteiger partial charge in [-0.1, -0.05) is 23.4 Å². The molecule has 0 saturated heterocycles. The quantitative estimate of drug-likeness (QED) is 0.937. The van der Waals surface area contributed by atoms with Crippen molar-refractivity contribution < 1.29 is 9.32 Å². The lowest BCUT2D eigenvalue weighted by Crippen LogP contribution is -2.35. The number of nitrogens with zero attached hydrogens (tertiary/aromatic N) is 3. The fourth-order valence-corrected chi connectivity index (χ4v) is 2.69. The minimum atomic E-state index is -0.0738. The molecule has 2 heterocycles. The molecular formula is C16H20N4O2. The van der Waals surface area contributed by atoms with E-state index in [9.17, 15) is 4.79 Å². The second-order valence-electron chi connectivity index (χ2n) is 5.63. The molecule has 0 atom stereocenters. The molecule has 0 aliphatic carbocycles. The molecule has 6 nitrogen and oxygen atoms in total. The van der Waals surface area contributed by atoms with E-state index in [-0.39, 0.29) is 5.91 Å². The van der Waals surface area contributed by atoms with Crippen molar-refractivity contribution in [3.63, 3.8) is 0 Å². The van der Waals surface area contributed by atoms with Gasteiger partial charge in [-0.15, -0.1) is 0 Å². The number of fused-ring (bicyclic) bond motifs is 1. The average Bonchev–Trinajstić information content (AvgIpc) is 2.82. The third-order valence-corrected chi connectivity index (χ3v) is 3.81. The molecule has 0 fully saturated rings. The largest absolute Gasteiger partial charge is 0.373 e. The van der Waals surface area contributed by atoms with Crippen LogP contribution in [0.2, 0.25) is 0 Å². The van der Waals surface area contributed by atoms with E-state index in [0.717, 1.165) is 19.6 Å². The number of rotatable bonds is 3. The Bertz CT molecular complexity index is 668. The third kappa shape index (κ3) is 3.28. The van der Waals surface area contributed by atoms with Crippen LogP contribution in [0.1, 0.15) is 11.3 Å². The Morgan fingerprint density at radius 3 is 2.95 bits per heavy atom. The molecule has 1 aromatic carbocycles. The molecule has 116 valence electrons. The Labute approximate surface area is 129 Å². The molecule has 3 rings (SSSR count). The fraction of sp³-hybridized carbons (Fsp3) is 0.375. The highest BCUT2D eigenvalue weighted by Crippen LogP contribution is 2.23. The number of hydrogen-bond donors (Lipinski definition) is 1. The summed E-state index contributed by atoms with van der Waals surface area (Å²) in [6.45, 7) is 4.65. The third-order valence-electron chi connectivity index (χ3n) is 3.81. The molecule has 0 spiro atoms. The maximum Gasteiger partial charge on any atom is 0.239 e. The van der Waals surface area contributed by atoms with Crippen molar-refractivity contribution in [1.29, 1.82) is 0 Å². The van der Waals surface area contributed by atoms with Gasteiger partial charge in [0.05, 0.1) is 6.54 Å². The predicted octanol–water partition coefficient (Wildman–Crippen LogP) is 1.87. The van der Waals surface area contributed by atoms with E-state index in [1.165, 1.54) is 11.3 Å². The lowest BCUT2D eigenvalue weighted by Gasteiger charge is -2.19. The van der Waals surface area contributed by atoms with Gasteiger partial charge >= 0.3 is 0 Å². The Kier molecular flexibility index (Phi) is 4.11. The van der Waals surface area contributed by atoms with Crippen LogP contribution in [0.5, 0.6) is 0 Å². The van der Waals surface area contributed by atoms with Crippen LogP contribution in [0.15, 0.2) is 34.9 Å². The zero-order valence-corrected chi connectivity index (χ0v) is 12.9. The van der Waals surface area contributed by atoms with Crippen LogP contribution in [0.25, 0.3) is 0 Å². The van der Waals surface area contributed by atoms with Crippen LogP contribution >= 0.6 is 0 Å². The summed E-state index contributed by atoms with van der Waals surface area (Å²) in [6.07, 6.45) is 0. The number of amides is 1. The zero-order chi connectivity index (χ0) is 15.5. The molecule has 2 aromatic rings. The van der Waals surface area contributed by atoms with Gasteiger partial charge in [-0.2, -0.15) is 0 Å². The van der Waals surface area contributed by atoms with Crippen molar-refractivity contribution in [2.45, 2.75) is 13.5 Å². The highest BCUT2D eigenvalue weighted by atomic mass is 16.5. The zero-order valence-electron chi connectivity index (χ0n) is 12.9. The average molecular weight is 300 g/mol. The molecule has 1 amide bonds. The number of anilines is 2. The van der Waals surface area contributed by atoms with E-state index < -0.39 is 0 Å². The van der Waals surface area contributed by atoms with Gasteiger partial charge in [0.2, 0.25) is 5.91 Å². The lowest BCUT2D eigenvalue weighted by molar-refractivity contribution is -0.117. The number of hydrogen-bond acceptors (Lipinski definition) is 5. The topological polar surface area (TPSA) is 61.6 Å². The molecular weight excluding hydrogens is 280 g/mol. The maximum atomic E-state index is 12.1. The van der Waals surface area contributed by atoms with Crippen molar-refractivity contribution in [2.75, 3.05) is 36.9 Å². The predicted molar refractivity (Wildman–Crippen MR) is 84.9 cm³/mol. The van der Waals surface area contributed by atoms with Gasteiger partial charge < -0.3 is 14.7 Å². The van der Waals surface area contributed by atoms with Gasteiger partial charge in [-0.3, -0.25) is 9.69 Å². The smallest absolute Gasteiger partial charge is 0.239 e. The molecule has 1 N–H and O–H groups in total. The summed E-state index contributed by atoms with van der Waals surface area (Å²) >= 11 is 0. The second kappa shape index (κ2) is 6.19. The van der Waals surface area contributed by atoms with Crippen molar-refractivity contribution in [3.8, 4) is 0 Å². The first kappa shape index (κ1) is 14.6. The number of carbonyl (C=O) groups excluding carboxylic acids is 1. The van der Waals surface area contributed by atoms with Crippen LogP contribution in [-0.4, -0.2) is 42.6 Å². The van der Waals surface area contributed by atoms with Gasteiger partial charge in [0.15, 0.2) is 5.82 Å². The minimum absolute atomic E-state index is 0.0738. The number of para-hydroxylation sites is 1. The highest BCUT2D eigenvalue weighted by molar-refractivity contribution is 5.91. The maximum absolute atomic E-state index is 12.1. The molecule has 6 heteroatoms. The number of nitrogens with one attached hydrogen (secondary N) is 1. The van der Waals surface area contributed by atoms with E-state index >= 15 is 0 Å². The Morgan fingerprint density at radius 1 is 1.36 bits per heavy atom. The standard InChI is InChI=1S/C16H20N4O2/c1-12-9-15(18-22-12)17-16(21)11-20-8-7-19(2)14-6-4-3-5-13(14)10-20/h3-6,9H,7-8,10-11H2,1-2H3,(H,17,18,21).